The van der Waals surface area contributed by atoms with Gasteiger partial charge in [0, 0.05) is 36.9 Å². The number of pyridine rings is 1. The lowest BCUT2D eigenvalue weighted by molar-refractivity contribution is -0.149. The Morgan fingerprint density at radius 2 is 1.89 bits per heavy atom. The summed E-state index contributed by atoms with van der Waals surface area (Å²) < 4.78 is 10.8. The molecule has 1 N–H and O–H groups in total. The number of ether oxygens (including phenoxy) is 2. The molecule has 0 saturated heterocycles. The maximum Gasteiger partial charge on any atom is 0.333 e. The largest absolute Gasteiger partial charge is 0.479 e. The fraction of sp³-hybridized carbons (Fsp3) is 0.391. The number of hydrogen-bond donors (Lipinski definition) is 1. The van der Waals surface area contributed by atoms with Crippen LogP contribution in [-0.4, -0.2) is 42.0 Å². The van der Waals surface area contributed by atoms with E-state index in [1.165, 1.54) is 5.56 Å². The Kier molecular flexibility index (Phi) is 9.20. The first kappa shape index (κ1) is 21.6. The highest BCUT2D eigenvalue weighted by Gasteiger charge is 2.17. The predicted octanol–water partition coefficient (Wildman–Crippen LogP) is 3.29. The molecule has 1 heterocycles. The van der Waals surface area contributed by atoms with Crippen LogP contribution in [0.5, 0.6) is 0 Å². The van der Waals surface area contributed by atoms with Gasteiger partial charge < -0.3 is 14.6 Å². The van der Waals surface area contributed by atoms with Crippen LogP contribution in [0.4, 0.5) is 0 Å². The maximum atomic E-state index is 11.1. The van der Waals surface area contributed by atoms with Crippen molar-refractivity contribution in [3.8, 4) is 11.8 Å². The average Bonchev–Trinajstić information content (AvgIpc) is 2.71. The number of carbonyl (C=O) groups is 1. The van der Waals surface area contributed by atoms with Gasteiger partial charge in [-0.1, -0.05) is 37.0 Å². The molecule has 1 aromatic heterocycles. The standard InChI is InChI=1S/C23H27NO4/c1-3-18-11-12-21(24-17-18)13-15-27-14-5-6-19-7-9-20(10-8-19)16-22(23(25)26)28-4-2/h7-12,17,22H,3-4,13-16H2,1-2H3,(H,25,26). The lowest BCUT2D eigenvalue weighted by Gasteiger charge is -2.12. The van der Waals surface area contributed by atoms with E-state index in [0.717, 1.165) is 29.7 Å². The summed E-state index contributed by atoms with van der Waals surface area (Å²) in [5.74, 6) is 5.10. The number of aryl methyl sites for hydroxylation is 1. The summed E-state index contributed by atoms with van der Waals surface area (Å²) in [7, 11) is 0. The minimum atomic E-state index is -0.945. The van der Waals surface area contributed by atoms with E-state index < -0.39 is 12.1 Å². The molecule has 1 atom stereocenters. The normalized spacial score (nSPS) is 11.5. The van der Waals surface area contributed by atoms with Crippen molar-refractivity contribution in [2.45, 2.75) is 39.2 Å². The first-order valence-electron chi connectivity index (χ1n) is 9.56. The van der Waals surface area contributed by atoms with Gasteiger partial charge >= 0.3 is 5.97 Å². The topological polar surface area (TPSA) is 68.7 Å². The van der Waals surface area contributed by atoms with Crippen molar-refractivity contribution in [2.75, 3.05) is 19.8 Å². The number of carboxylic acid groups (broad SMARTS) is 1. The van der Waals surface area contributed by atoms with Crippen LogP contribution in [0, 0.1) is 11.8 Å². The first-order chi connectivity index (χ1) is 13.6. The minimum Gasteiger partial charge on any atom is -0.479 e. The SMILES string of the molecule is CCOC(Cc1ccc(C#CCOCCc2ccc(CC)cn2)cc1)C(=O)O. The van der Waals surface area contributed by atoms with Crippen LogP contribution in [-0.2, 0) is 33.5 Å². The zero-order valence-electron chi connectivity index (χ0n) is 16.5. The molecule has 0 spiro atoms. The first-order valence-corrected chi connectivity index (χ1v) is 9.56. The monoisotopic (exact) mass is 381 g/mol. The van der Waals surface area contributed by atoms with Gasteiger partial charge in [-0.05, 0) is 42.7 Å². The van der Waals surface area contributed by atoms with Crippen molar-refractivity contribution < 1.29 is 19.4 Å². The van der Waals surface area contributed by atoms with E-state index in [-0.39, 0.29) is 0 Å². The van der Waals surface area contributed by atoms with Crippen molar-refractivity contribution in [3.63, 3.8) is 0 Å². The summed E-state index contributed by atoms with van der Waals surface area (Å²) in [6, 6.07) is 11.7. The van der Waals surface area contributed by atoms with E-state index in [1.54, 1.807) is 6.92 Å². The number of nitrogens with zero attached hydrogens (tertiary/aromatic N) is 1. The van der Waals surface area contributed by atoms with E-state index in [2.05, 4.69) is 29.8 Å². The van der Waals surface area contributed by atoms with Gasteiger partial charge in [0.05, 0.1) is 6.61 Å². The predicted molar refractivity (Wildman–Crippen MR) is 108 cm³/mol. The summed E-state index contributed by atoms with van der Waals surface area (Å²) in [5, 5.41) is 9.14. The van der Waals surface area contributed by atoms with Gasteiger partial charge in [-0.25, -0.2) is 4.79 Å². The Balaban J connectivity index is 1.73. The van der Waals surface area contributed by atoms with E-state index in [4.69, 9.17) is 14.6 Å². The van der Waals surface area contributed by atoms with Gasteiger partial charge in [0.2, 0.25) is 0 Å². The Morgan fingerprint density at radius 1 is 1.14 bits per heavy atom. The summed E-state index contributed by atoms with van der Waals surface area (Å²) in [5.41, 5.74) is 4.03. The van der Waals surface area contributed by atoms with Gasteiger partial charge in [0.15, 0.2) is 6.10 Å². The molecule has 0 aliphatic carbocycles. The molecular weight excluding hydrogens is 354 g/mol. The van der Waals surface area contributed by atoms with Gasteiger partial charge in [-0.3, -0.25) is 4.98 Å². The van der Waals surface area contributed by atoms with E-state index >= 15 is 0 Å². The third kappa shape index (κ3) is 7.51. The number of hydrogen-bond acceptors (Lipinski definition) is 4. The van der Waals surface area contributed by atoms with Crippen LogP contribution in [0.1, 0.15) is 36.2 Å². The Hall–Kier alpha value is -2.68. The fourth-order valence-corrected chi connectivity index (χ4v) is 2.61. The molecule has 2 aromatic rings. The zero-order valence-corrected chi connectivity index (χ0v) is 16.5. The third-order valence-electron chi connectivity index (χ3n) is 4.22. The Labute approximate surface area is 166 Å². The number of aromatic nitrogens is 1. The summed E-state index contributed by atoms with van der Waals surface area (Å²) in [4.78, 5) is 15.5. The third-order valence-corrected chi connectivity index (χ3v) is 4.22. The van der Waals surface area contributed by atoms with Crippen LogP contribution < -0.4 is 0 Å². The molecule has 28 heavy (non-hydrogen) atoms. The van der Waals surface area contributed by atoms with Crippen LogP contribution in [0.2, 0.25) is 0 Å². The molecule has 2 rings (SSSR count). The number of aliphatic carboxylic acids is 1. The number of benzene rings is 1. The molecular formula is C23H27NO4. The minimum absolute atomic E-state index is 0.341. The lowest BCUT2D eigenvalue weighted by Crippen LogP contribution is -2.26. The van der Waals surface area contributed by atoms with Crippen molar-refractivity contribution in [3.05, 3.63) is 65.0 Å². The summed E-state index contributed by atoms with van der Waals surface area (Å²) in [6.45, 7) is 5.22. The molecule has 0 radical (unpaired) electrons. The summed E-state index contributed by atoms with van der Waals surface area (Å²) >= 11 is 0. The van der Waals surface area contributed by atoms with Crippen molar-refractivity contribution in [1.29, 1.82) is 0 Å². The molecule has 0 aliphatic rings. The second-order valence-electron chi connectivity index (χ2n) is 6.30. The van der Waals surface area contributed by atoms with E-state index in [1.807, 2.05) is 36.5 Å². The van der Waals surface area contributed by atoms with Crippen LogP contribution in [0.25, 0.3) is 0 Å². The highest BCUT2D eigenvalue weighted by atomic mass is 16.5. The average molecular weight is 381 g/mol. The molecule has 0 aliphatic heterocycles. The molecule has 0 amide bonds. The highest BCUT2D eigenvalue weighted by molar-refractivity contribution is 5.72. The maximum absolute atomic E-state index is 11.1. The molecule has 0 bridgehead atoms. The summed E-state index contributed by atoms with van der Waals surface area (Å²) in [6.07, 6.45) is 3.19. The van der Waals surface area contributed by atoms with Gasteiger partial charge in [0.1, 0.15) is 6.61 Å². The molecule has 1 unspecified atom stereocenters. The van der Waals surface area contributed by atoms with Crippen LogP contribution in [0.15, 0.2) is 42.6 Å². The van der Waals surface area contributed by atoms with Gasteiger partial charge in [0.25, 0.3) is 0 Å². The van der Waals surface area contributed by atoms with Crippen molar-refractivity contribution in [2.24, 2.45) is 0 Å². The van der Waals surface area contributed by atoms with Crippen LogP contribution in [0.3, 0.4) is 0 Å². The quantitative estimate of drug-likeness (QED) is 0.505. The molecule has 1 aromatic carbocycles. The Morgan fingerprint density at radius 3 is 2.50 bits per heavy atom. The van der Waals surface area contributed by atoms with Crippen molar-refractivity contribution >= 4 is 5.97 Å². The lowest BCUT2D eigenvalue weighted by atomic mass is 10.1. The molecule has 0 fully saturated rings. The molecule has 5 nitrogen and oxygen atoms in total. The molecule has 148 valence electrons. The smallest absolute Gasteiger partial charge is 0.333 e. The zero-order chi connectivity index (χ0) is 20.2. The van der Waals surface area contributed by atoms with E-state index in [9.17, 15) is 4.79 Å². The highest BCUT2D eigenvalue weighted by Crippen LogP contribution is 2.09. The van der Waals surface area contributed by atoms with Gasteiger partial charge in [-0.15, -0.1) is 0 Å². The van der Waals surface area contributed by atoms with Crippen LogP contribution >= 0.6 is 0 Å². The number of rotatable bonds is 10. The fourth-order valence-electron chi connectivity index (χ4n) is 2.61. The molecule has 0 saturated carbocycles. The Bertz CT molecular complexity index is 788. The van der Waals surface area contributed by atoms with Gasteiger partial charge in [-0.2, -0.15) is 0 Å². The number of carboxylic acids is 1. The van der Waals surface area contributed by atoms with E-state index in [0.29, 0.717) is 26.2 Å². The molecule has 5 heteroatoms. The van der Waals surface area contributed by atoms with Crippen molar-refractivity contribution in [1.82, 2.24) is 4.98 Å². The second kappa shape index (κ2) is 11.9. The second-order valence-corrected chi connectivity index (χ2v) is 6.30.